The van der Waals surface area contributed by atoms with Crippen molar-refractivity contribution in [2.75, 3.05) is 5.73 Å². The van der Waals surface area contributed by atoms with E-state index in [2.05, 4.69) is 4.98 Å². The second-order valence-corrected chi connectivity index (χ2v) is 6.78. The molecular weight excluding hydrogens is 348 g/mol. The van der Waals surface area contributed by atoms with E-state index in [4.69, 9.17) is 60.7 Å². The van der Waals surface area contributed by atoms with Crippen LogP contribution in [0.1, 0.15) is 5.82 Å². The van der Waals surface area contributed by atoms with Crippen LogP contribution < -0.4 is 27.5 Å². The van der Waals surface area contributed by atoms with Crippen LogP contribution in [0.15, 0.2) is 10.9 Å². The minimum atomic E-state index is -2.61. The first-order valence-corrected chi connectivity index (χ1v) is 7.87. The van der Waals surface area contributed by atoms with Gasteiger partial charge in [-0.15, -0.1) is 0 Å². The quantitative estimate of drug-likeness (QED) is 0.304. The van der Waals surface area contributed by atoms with Crippen molar-refractivity contribution in [2.45, 2.75) is 22.8 Å². The zero-order valence-electron chi connectivity index (χ0n) is 14.8. The van der Waals surface area contributed by atoms with Crippen LogP contribution in [-0.4, -0.2) is 76.3 Å². The monoisotopic (exact) mass is 356 g/mol. The summed E-state index contributed by atoms with van der Waals surface area (Å²) in [7, 11) is 41.3. The van der Waals surface area contributed by atoms with Gasteiger partial charge in [0.25, 0.3) is 5.56 Å². The van der Waals surface area contributed by atoms with Gasteiger partial charge in [0.15, 0.2) is 0 Å². The average Bonchev–Trinajstić information content (AvgIpc) is 2.57. The zero-order chi connectivity index (χ0) is 21.4. The minimum absolute atomic E-state index is 0.00686. The van der Waals surface area contributed by atoms with Crippen LogP contribution in [0.2, 0.25) is 10.4 Å². The number of benzene rings is 1. The van der Waals surface area contributed by atoms with E-state index in [1.807, 2.05) is 5.32 Å². The Morgan fingerprint density at radius 1 is 1.04 bits per heavy atom. The van der Waals surface area contributed by atoms with Crippen molar-refractivity contribution in [2.24, 2.45) is 0 Å². The van der Waals surface area contributed by atoms with Gasteiger partial charge in [0.1, 0.15) is 29.4 Å². The number of nitrogens with zero attached hydrogens (tertiary/aromatic N) is 2. The fourth-order valence-electron chi connectivity index (χ4n) is 3.23. The van der Waals surface area contributed by atoms with Crippen molar-refractivity contribution in [1.82, 2.24) is 14.9 Å². The molecule has 1 atom stereocenters. The van der Waals surface area contributed by atoms with Crippen LogP contribution >= 0.6 is 0 Å². The highest BCUT2D eigenvalue weighted by molar-refractivity contribution is 6.66. The number of aryl methyl sites for hydroxylation is 1. The van der Waals surface area contributed by atoms with E-state index in [1.54, 1.807) is 0 Å². The molecule has 7 nitrogen and oxygen atoms in total. The average molecular weight is 355 g/mol. The van der Waals surface area contributed by atoms with Gasteiger partial charge < -0.3 is 5.73 Å². The molecule has 28 heavy (non-hydrogen) atoms. The standard InChI is InChI=1S/C14H7B7N4O3/c1-3-23-8-5(16)2-4(15)7(22)6(8)9(26)25(3)13(19)11(28)24-10(27)12(17,18)14(13,20)21/h2H,22H2,1H3,(H,24,27,28). The van der Waals surface area contributed by atoms with Gasteiger partial charge in [0, 0.05) is 5.69 Å². The minimum Gasteiger partial charge on any atom is -0.398 e. The van der Waals surface area contributed by atoms with Crippen molar-refractivity contribution in [1.29, 1.82) is 0 Å². The summed E-state index contributed by atoms with van der Waals surface area (Å²) in [6.07, 6.45) is 0. The first kappa shape index (κ1) is 20.5. The summed E-state index contributed by atoms with van der Waals surface area (Å²) in [4.78, 5) is 42.2. The smallest absolute Gasteiger partial charge is 0.263 e. The maximum atomic E-state index is 13.3. The molecule has 1 aromatic heterocycles. The molecule has 0 aliphatic carbocycles. The maximum Gasteiger partial charge on any atom is 0.263 e. The topological polar surface area (TPSA) is 107 Å². The van der Waals surface area contributed by atoms with Crippen LogP contribution in [0.5, 0.6) is 0 Å². The third kappa shape index (κ3) is 2.26. The Balaban J connectivity index is 2.50. The molecule has 1 fully saturated rings. The third-order valence-corrected chi connectivity index (χ3v) is 5.03. The van der Waals surface area contributed by atoms with Crippen LogP contribution in [0.4, 0.5) is 5.69 Å². The number of nitrogens with two attached hydrogens (primary N) is 1. The van der Waals surface area contributed by atoms with E-state index < -0.39 is 33.2 Å². The third-order valence-electron chi connectivity index (χ3n) is 5.03. The van der Waals surface area contributed by atoms with Gasteiger partial charge in [-0.2, -0.15) is 0 Å². The van der Waals surface area contributed by atoms with Gasteiger partial charge in [0.05, 0.1) is 47.7 Å². The van der Waals surface area contributed by atoms with Gasteiger partial charge in [-0.1, -0.05) is 22.2 Å². The number of piperidine rings is 1. The predicted molar refractivity (Wildman–Crippen MR) is 111 cm³/mol. The van der Waals surface area contributed by atoms with Gasteiger partial charge >= 0.3 is 0 Å². The van der Waals surface area contributed by atoms with Gasteiger partial charge in [0.2, 0.25) is 11.8 Å². The van der Waals surface area contributed by atoms with Crippen molar-refractivity contribution in [3.05, 3.63) is 22.2 Å². The van der Waals surface area contributed by atoms with Crippen molar-refractivity contribution in [3.63, 3.8) is 0 Å². The first-order valence-electron chi connectivity index (χ1n) is 7.87. The van der Waals surface area contributed by atoms with Crippen molar-refractivity contribution in [3.8, 4) is 0 Å². The largest absolute Gasteiger partial charge is 0.398 e. The molecule has 14 radical (unpaired) electrons. The summed E-state index contributed by atoms with van der Waals surface area (Å²) in [5.74, 6) is -2.50. The van der Waals surface area contributed by atoms with E-state index >= 15 is 0 Å². The molecule has 1 aromatic carbocycles. The molecule has 0 saturated carbocycles. The van der Waals surface area contributed by atoms with Gasteiger partial charge in [-0.3, -0.25) is 24.3 Å². The highest BCUT2D eigenvalue weighted by atomic mass is 16.2. The fraction of sp³-hybridized carbons (Fsp3) is 0.286. The number of imide groups is 1. The Bertz CT molecular complexity index is 1130. The first-order chi connectivity index (χ1) is 12.7. The number of anilines is 1. The number of carbonyl (C=O) groups excluding carboxylic acids is 2. The summed E-state index contributed by atoms with van der Waals surface area (Å²) in [6, 6.07) is 1.33. The van der Waals surface area contributed by atoms with Crippen LogP contribution in [0.3, 0.4) is 0 Å². The second kappa shape index (κ2) is 5.88. The number of carbonyl (C=O) groups is 2. The van der Waals surface area contributed by atoms with Crippen LogP contribution in [-0.2, 0) is 15.0 Å². The Kier molecular flexibility index (Phi) is 4.30. The summed E-state index contributed by atoms with van der Waals surface area (Å²) in [6.45, 7) is 1.34. The molecule has 14 heteroatoms. The molecular formula is C14H7B7N4O3. The summed E-state index contributed by atoms with van der Waals surface area (Å²) in [5.41, 5.74) is 2.35. The molecule has 3 N–H and O–H groups in total. The molecule has 2 amide bonds. The molecule has 0 bridgehead atoms. The zero-order valence-corrected chi connectivity index (χ0v) is 14.8. The molecule has 0 spiro atoms. The van der Waals surface area contributed by atoms with Gasteiger partial charge in [-0.05, 0) is 12.1 Å². The van der Waals surface area contributed by atoms with Crippen molar-refractivity contribution >= 4 is 94.3 Å². The van der Waals surface area contributed by atoms with E-state index in [9.17, 15) is 14.4 Å². The molecule has 2 aromatic rings. The number of fused-ring (bicyclic) bond motifs is 1. The number of amides is 2. The lowest BCUT2D eigenvalue weighted by Gasteiger charge is -2.58. The normalized spacial score (nSPS) is 23.5. The van der Waals surface area contributed by atoms with E-state index in [-0.39, 0.29) is 33.3 Å². The number of nitrogen functional groups attached to an aromatic ring is 1. The van der Waals surface area contributed by atoms with Crippen molar-refractivity contribution < 1.29 is 9.59 Å². The lowest BCUT2D eigenvalue weighted by molar-refractivity contribution is -0.139. The number of hydrogen-bond acceptors (Lipinski definition) is 5. The lowest BCUT2D eigenvalue weighted by Crippen LogP contribution is -2.71. The molecule has 1 saturated heterocycles. The maximum absolute atomic E-state index is 13.3. The fourth-order valence-corrected chi connectivity index (χ4v) is 3.23. The number of hydrogen-bond donors (Lipinski definition) is 2. The Labute approximate surface area is 169 Å². The number of rotatable bonds is 1. The highest BCUT2D eigenvalue weighted by Crippen LogP contribution is 2.54. The lowest BCUT2D eigenvalue weighted by atomic mass is 9.21. The molecule has 1 aliphatic rings. The van der Waals surface area contributed by atoms with E-state index in [0.717, 1.165) is 0 Å². The highest BCUT2D eigenvalue weighted by Gasteiger charge is 2.60. The van der Waals surface area contributed by atoms with Crippen LogP contribution in [0.25, 0.3) is 10.9 Å². The Morgan fingerprint density at radius 2 is 1.61 bits per heavy atom. The molecule has 122 valence electrons. The number of nitrogens with one attached hydrogen (secondary N) is 1. The van der Waals surface area contributed by atoms with Crippen LogP contribution in [0, 0.1) is 6.92 Å². The molecule has 1 aliphatic heterocycles. The summed E-state index contributed by atoms with van der Waals surface area (Å²) < 4.78 is 0.667. The van der Waals surface area contributed by atoms with Gasteiger partial charge in [-0.25, -0.2) is 4.98 Å². The SMILES string of the molecule is [B]c1cc([B])c2nc(C)n(C3([B])C(=O)NC(=O)C([B])([B])C3([B])[B])c(=O)c2c1N. The molecule has 1 unspecified atom stereocenters. The second-order valence-electron chi connectivity index (χ2n) is 6.78. The molecule has 3 rings (SSSR count). The summed E-state index contributed by atoms with van der Waals surface area (Å²) in [5, 5.41) is -3.47. The predicted octanol–water partition coefficient (Wildman–Crippen LogP) is -4.74. The Morgan fingerprint density at radius 3 is 2.18 bits per heavy atom. The van der Waals surface area contributed by atoms with E-state index in [0.29, 0.717) is 4.57 Å². The molecule has 2 heterocycles. The Hall–Kier alpha value is -2.25. The summed E-state index contributed by atoms with van der Waals surface area (Å²) >= 11 is 0. The van der Waals surface area contributed by atoms with E-state index in [1.165, 1.54) is 13.0 Å². The number of aromatic nitrogens is 2.